The number of benzene rings is 1. The van der Waals surface area contributed by atoms with Gasteiger partial charge in [0, 0.05) is 44.8 Å². The van der Waals surface area contributed by atoms with Crippen molar-refractivity contribution >= 4 is 15.9 Å². The lowest BCUT2D eigenvalue weighted by atomic mass is 10.2. The number of nitrogens with zero attached hydrogens (tertiary/aromatic N) is 3. The first-order valence-electron chi connectivity index (χ1n) is 8.72. The fraction of sp³-hybridized carbons (Fsp3) is 0.588. The zero-order valence-electron chi connectivity index (χ0n) is 14.6. The second kappa shape index (κ2) is 7.82. The average molecular weight is 367 g/mol. The lowest BCUT2D eigenvalue weighted by molar-refractivity contribution is 0.0643. The van der Waals surface area contributed by atoms with Crippen LogP contribution in [0, 0.1) is 0 Å². The van der Waals surface area contributed by atoms with Crippen molar-refractivity contribution in [2.75, 3.05) is 59.0 Å². The highest BCUT2D eigenvalue weighted by Crippen LogP contribution is 2.18. The third-order valence-electron chi connectivity index (χ3n) is 4.82. The quantitative estimate of drug-likeness (QED) is 0.774. The van der Waals surface area contributed by atoms with E-state index in [0.717, 1.165) is 19.6 Å². The Bertz CT molecular complexity index is 691. The summed E-state index contributed by atoms with van der Waals surface area (Å²) >= 11 is 0. The molecule has 0 atom stereocenters. The number of carbonyl (C=O) groups is 1. The maximum atomic E-state index is 12.6. The number of morpholine rings is 1. The molecule has 0 bridgehead atoms. The van der Waals surface area contributed by atoms with Gasteiger partial charge in [0.15, 0.2) is 0 Å². The van der Waals surface area contributed by atoms with Gasteiger partial charge in [0.1, 0.15) is 0 Å². The van der Waals surface area contributed by atoms with Crippen LogP contribution in [0.2, 0.25) is 0 Å². The van der Waals surface area contributed by atoms with Crippen LogP contribution in [0.3, 0.4) is 0 Å². The molecule has 0 radical (unpaired) electrons. The van der Waals surface area contributed by atoms with Gasteiger partial charge < -0.3 is 14.5 Å². The summed E-state index contributed by atoms with van der Waals surface area (Å²) < 4.78 is 31.8. The molecule has 2 heterocycles. The zero-order valence-corrected chi connectivity index (χ0v) is 15.4. The van der Waals surface area contributed by atoms with Crippen molar-refractivity contribution in [3.05, 3.63) is 29.8 Å². The SMILES string of the molecule is CCN1CCN(C(=O)c2ccc(S(=O)(=O)N3CCOCC3)cc2)CC1. The van der Waals surface area contributed by atoms with E-state index in [0.29, 0.717) is 45.0 Å². The highest BCUT2D eigenvalue weighted by Gasteiger charge is 2.27. The number of likely N-dealkylation sites (N-methyl/N-ethyl adjacent to an activating group) is 1. The molecule has 2 saturated heterocycles. The molecule has 0 N–H and O–H groups in total. The summed E-state index contributed by atoms with van der Waals surface area (Å²) in [6.45, 7) is 7.86. The third kappa shape index (κ3) is 4.03. The van der Waals surface area contributed by atoms with Crippen LogP contribution in [0.1, 0.15) is 17.3 Å². The summed E-state index contributed by atoms with van der Waals surface area (Å²) in [4.78, 5) is 17.0. The first-order chi connectivity index (χ1) is 12.0. The molecule has 0 saturated carbocycles. The van der Waals surface area contributed by atoms with Crippen LogP contribution in [0.4, 0.5) is 0 Å². The molecule has 25 heavy (non-hydrogen) atoms. The van der Waals surface area contributed by atoms with Crippen molar-refractivity contribution in [2.24, 2.45) is 0 Å². The molecule has 0 spiro atoms. The van der Waals surface area contributed by atoms with Gasteiger partial charge in [-0.2, -0.15) is 4.31 Å². The number of hydrogen-bond donors (Lipinski definition) is 0. The standard InChI is InChI=1S/C17H25N3O4S/c1-2-18-7-9-19(10-8-18)17(21)15-3-5-16(6-4-15)25(22,23)20-11-13-24-14-12-20/h3-6H,2,7-14H2,1H3. The molecule has 138 valence electrons. The molecule has 2 fully saturated rings. The number of ether oxygens (including phenoxy) is 1. The molecule has 8 heteroatoms. The van der Waals surface area contributed by atoms with Crippen molar-refractivity contribution in [1.82, 2.24) is 14.1 Å². The molecule has 3 rings (SSSR count). The van der Waals surface area contributed by atoms with Gasteiger partial charge >= 0.3 is 0 Å². The van der Waals surface area contributed by atoms with Crippen molar-refractivity contribution in [3.63, 3.8) is 0 Å². The highest BCUT2D eigenvalue weighted by molar-refractivity contribution is 7.89. The van der Waals surface area contributed by atoms with E-state index in [1.807, 2.05) is 4.90 Å². The predicted octanol–water partition coefficient (Wildman–Crippen LogP) is 0.485. The minimum Gasteiger partial charge on any atom is -0.379 e. The van der Waals surface area contributed by atoms with Crippen molar-refractivity contribution in [2.45, 2.75) is 11.8 Å². The molecular weight excluding hydrogens is 342 g/mol. The maximum Gasteiger partial charge on any atom is 0.253 e. The zero-order chi connectivity index (χ0) is 17.9. The summed E-state index contributed by atoms with van der Waals surface area (Å²) in [7, 11) is -3.52. The summed E-state index contributed by atoms with van der Waals surface area (Å²) in [6.07, 6.45) is 0. The van der Waals surface area contributed by atoms with Gasteiger partial charge in [-0.15, -0.1) is 0 Å². The maximum absolute atomic E-state index is 12.6. The summed E-state index contributed by atoms with van der Waals surface area (Å²) in [5.74, 6) is -0.0360. The Hall–Kier alpha value is -1.48. The first-order valence-corrected chi connectivity index (χ1v) is 10.2. The molecule has 0 aromatic heterocycles. The van der Waals surface area contributed by atoms with Crippen LogP contribution in [-0.2, 0) is 14.8 Å². The molecule has 2 aliphatic heterocycles. The Kier molecular flexibility index (Phi) is 5.73. The molecule has 0 aliphatic carbocycles. The molecular formula is C17H25N3O4S. The number of carbonyl (C=O) groups excluding carboxylic acids is 1. The third-order valence-corrected chi connectivity index (χ3v) is 6.73. The monoisotopic (exact) mass is 367 g/mol. The second-order valence-corrected chi connectivity index (χ2v) is 8.21. The van der Waals surface area contributed by atoms with Gasteiger partial charge in [-0.05, 0) is 30.8 Å². The van der Waals surface area contributed by atoms with Gasteiger partial charge in [0.05, 0.1) is 18.1 Å². The summed E-state index contributed by atoms with van der Waals surface area (Å²) in [6, 6.07) is 6.28. The number of sulfonamides is 1. The molecule has 7 nitrogen and oxygen atoms in total. The van der Waals surface area contributed by atoms with E-state index < -0.39 is 10.0 Å². The molecule has 2 aliphatic rings. The molecule has 1 aromatic rings. The highest BCUT2D eigenvalue weighted by atomic mass is 32.2. The van der Waals surface area contributed by atoms with E-state index in [1.54, 1.807) is 12.1 Å². The Morgan fingerprint density at radius 1 is 1.00 bits per heavy atom. The van der Waals surface area contributed by atoms with Gasteiger partial charge in [0.25, 0.3) is 5.91 Å². The van der Waals surface area contributed by atoms with E-state index in [1.165, 1.54) is 16.4 Å². The normalized spacial score (nSPS) is 20.6. The Balaban J connectivity index is 1.68. The number of amides is 1. The van der Waals surface area contributed by atoms with Crippen LogP contribution in [0.15, 0.2) is 29.2 Å². The van der Waals surface area contributed by atoms with Crippen molar-refractivity contribution in [1.29, 1.82) is 0 Å². The predicted molar refractivity (Wildman–Crippen MR) is 94.0 cm³/mol. The molecule has 1 aromatic carbocycles. The minimum atomic E-state index is -3.52. The Labute approximate surface area is 149 Å². The van der Waals surface area contributed by atoms with E-state index in [2.05, 4.69) is 11.8 Å². The van der Waals surface area contributed by atoms with E-state index >= 15 is 0 Å². The lowest BCUT2D eigenvalue weighted by Gasteiger charge is -2.34. The summed E-state index contributed by atoms with van der Waals surface area (Å²) in [5.41, 5.74) is 0.533. The second-order valence-electron chi connectivity index (χ2n) is 6.27. The van der Waals surface area contributed by atoms with Crippen LogP contribution < -0.4 is 0 Å². The largest absolute Gasteiger partial charge is 0.379 e. The van der Waals surface area contributed by atoms with E-state index in [-0.39, 0.29) is 10.8 Å². The Morgan fingerprint density at radius 3 is 2.16 bits per heavy atom. The van der Waals surface area contributed by atoms with Crippen LogP contribution in [0.5, 0.6) is 0 Å². The van der Waals surface area contributed by atoms with Gasteiger partial charge in [-0.25, -0.2) is 8.42 Å². The number of rotatable bonds is 4. The molecule has 1 amide bonds. The smallest absolute Gasteiger partial charge is 0.253 e. The lowest BCUT2D eigenvalue weighted by Crippen LogP contribution is -2.48. The van der Waals surface area contributed by atoms with Gasteiger partial charge in [-0.1, -0.05) is 6.92 Å². The van der Waals surface area contributed by atoms with Crippen LogP contribution in [-0.4, -0.2) is 87.5 Å². The fourth-order valence-corrected chi connectivity index (χ4v) is 4.56. The van der Waals surface area contributed by atoms with E-state index in [4.69, 9.17) is 4.74 Å². The van der Waals surface area contributed by atoms with E-state index in [9.17, 15) is 13.2 Å². The molecule has 0 unspecified atom stereocenters. The number of hydrogen-bond acceptors (Lipinski definition) is 5. The van der Waals surface area contributed by atoms with Crippen molar-refractivity contribution < 1.29 is 17.9 Å². The Morgan fingerprint density at radius 2 is 1.60 bits per heavy atom. The topological polar surface area (TPSA) is 70.2 Å². The summed E-state index contributed by atoms with van der Waals surface area (Å²) in [5, 5.41) is 0. The fourth-order valence-electron chi connectivity index (χ4n) is 3.16. The van der Waals surface area contributed by atoms with Crippen LogP contribution in [0.25, 0.3) is 0 Å². The minimum absolute atomic E-state index is 0.0360. The first kappa shape index (κ1) is 18.3. The average Bonchev–Trinajstić information content (AvgIpc) is 2.68. The number of piperazine rings is 1. The van der Waals surface area contributed by atoms with Gasteiger partial charge in [-0.3, -0.25) is 4.79 Å². The van der Waals surface area contributed by atoms with Gasteiger partial charge in [0.2, 0.25) is 10.0 Å². The van der Waals surface area contributed by atoms with Crippen molar-refractivity contribution in [3.8, 4) is 0 Å². The van der Waals surface area contributed by atoms with Crippen LogP contribution >= 0.6 is 0 Å².